The van der Waals surface area contributed by atoms with Crippen molar-refractivity contribution < 1.29 is 28.1 Å². The third-order valence-corrected chi connectivity index (χ3v) is 3.98. The molecule has 9 heteroatoms. The molecule has 8 nitrogen and oxygen atoms in total. The third kappa shape index (κ3) is 9.74. The summed E-state index contributed by atoms with van der Waals surface area (Å²) >= 11 is 0. The van der Waals surface area contributed by atoms with Crippen molar-refractivity contribution in [2.75, 3.05) is 13.2 Å². The van der Waals surface area contributed by atoms with Crippen molar-refractivity contribution in [2.24, 2.45) is 0 Å². The van der Waals surface area contributed by atoms with E-state index in [4.69, 9.17) is 13.8 Å². The quantitative estimate of drug-likeness (QED) is 0.164. The largest absolute Gasteiger partial charge is 0.464 e. The summed E-state index contributed by atoms with van der Waals surface area (Å²) in [5.74, 6) is -0.462. The molecule has 0 fully saturated rings. The second kappa shape index (κ2) is 12.3. The summed E-state index contributed by atoms with van der Waals surface area (Å²) in [5.41, 5.74) is -0.109. The predicted molar refractivity (Wildman–Crippen MR) is 91.6 cm³/mol. The Labute approximate surface area is 147 Å². The van der Waals surface area contributed by atoms with Crippen LogP contribution in [-0.2, 0) is 18.6 Å². The van der Waals surface area contributed by atoms with Crippen LogP contribution >= 0.6 is 8.25 Å². The maximum absolute atomic E-state index is 11.6. The molecule has 1 aromatic carbocycles. The number of rotatable bonds is 13. The van der Waals surface area contributed by atoms with Crippen LogP contribution in [0.5, 0.6) is 5.75 Å². The lowest BCUT2D eigenvalue weighted by molar-refractivity contribution is -0.384. The van der Waals surface area contributed by atoms with Gasteiger partial charge in [-0.05, 0) is 18.6 Å². The van der Waals surface area contributed by atoms with Gasteiger partial charge in [0.2, 0.25) is 0 Å². The van der Waals surface area contributed by atoms with E-state index in [1.54, 1.807) is 0 Å². The lowest BCUT2D eigenvalue weighted by Crippen LogP contribution is -2.11. The SMILES string of the molecule is CCCCCCCCOC(=O)CO[P](=O)Oc1ccc([N+](=O)[O-])cc1. The van der Waals surface area contributed by atoms with Gasteiger partial charge in [-0.3, -0.25) is 14.6 Å². The van der Waals surface area contributed by atoms with Gasteiger partial charge in [0.05, 0.1) is 11.5 Å². The molecule has 0 saturated heterocycles. The van der Waals surface area contributed by atoms with Gasteiger partial charge in [0, 0.05) is 12.1 Å². The smallest absolute Gasteiger partial charge is 0.429 e. The minimum Gasteiger partial charge on any atom is -0.464 e. The van der Waals surface area contributed by atoms with Crippen LogP contribution in [0.15, 0.2) is 24.3 Å². The highest BCUT2D eigenvalue weighted by molar-refractivity contribution is 7.33. The van der Waals surface area contributed by atoms with E-state index < -0.39 is 25.8 Å². The average molecular weight is 372 g/mol. The number of nitrogens with zero attached hydrogens (tertiary/aromatic N) is 1. The van der Waals surface area contributed by atoms with Crippen LogP contribution in [-0.4, -0.2) is 24.1 Å². The molecule has 0 aliphatic carbocycles. The van der Waals surface area contributed by atoms with Crippen molar-refractivity contribution >= 4 is 19.9 Å². The summed E-state index contributed by atoms with van der Waals surface area (Å²) in [7, 11) is -2.56. The van der Waals surface area contributed by atoms with Crippen molar-refractivity contribution in [3.63, 3.8) is 0 Å². The number of hydrogen-bond donors (Lipinski definition) is 0. The number of carbonyl (C=O) groups excluding carboxylic acids is 1. The van der Waals surface area contributed by atoms with Gasteiger partial charge in [0.15, 0.2) is 6.61 Å². The maximum atomic E-state index is 11.6. The highest BCUT2D eigenvalue weighted by atomic mass is 31.1. The van der Waals surface area contributed by atoms with E-state index in [1.807, 2.05) is 0 Å². The van der Waals surface area contributed by atoms with Gasteiger partial charge in [-0.1, -0.05) is 39.0 Å². The molecule has 1 rings (SSSR count). The Bertz CT molecular complexity index is 562. The molecule has 0 spiro atoms. The molecule has 25 heavy (non-hydrogen) atoms. The molecule has 139 valence electrons. The number of nitro groups is 1. The van der Waals surface area contributed by atoms with Crippen molar-refractivity contribution in [2.45, 2.75) is 45.4 Å². The molecular formula is C16H23NO7P. The molecule has 1 aromatic rings. The van der Waals surface area contributed by atoms with Crippen molar-refractivity contribution in [3.8, 4) is 5.75 Å². The molecular weight excluding hydrogens is 349 g/mol. The van der Waals surface area contributed by atoms with Crippen LogP contribution in [0.25, 0.3) is 0 Å². The van der Waals surface area contributed by atoms with Gasteiger partial charge in [-0.15, -0.1) is 0 Å². The van der Waals surface area contributed by atoms with E-state index in [1.165, 1.54) is 43.5 Å². The fourth-order valence-electron chi connectivity index (χ4n) is 1.96. The molecule has 0 aliphatic heterocycles. The maximum Gasteiger partial charge on any atom is 0.429 e. The molecule has 1 unspecified atom stereocenters. The van der Waals surface area contributed by atoms with Crippen molar-refractivity contribution in [1.82, 2.24) is 0 Å². The van der Waals surface area contributed by atoms with E-state index >= 15 is 0 Å². The topological polar surface area (TPSA) is 105 Å². The average Bonchev–Trinajstić information content (AvgIpc) is 2.59. The normalized spacial score (nSPS) is 11.0. The first-order valence-electron chi connectivity index (χ1n) is 8.21. The molecule has 0 heterocycles. The van der Waals surface area contributed by atoms with Gasteiger partial charge in [-0.25, -0.2) is 9.36 Å². The lowest BCUT2D eigenvalue weighted by Gasteiger charge is -2.06. The summed E-state index contributed by atoms with van der Waals surface area (Å²) in [6, 6.07) is 5.03. The van der Waals surface area contributed by atoms with Gasteiger partial charge >= 0.3 is 14.2 Å². The number of carbonyl (C=O) groups is 1. The predicted octanol–water partition coefficient (Wildman–Crippen LogP) is 4.55. The Morgan fingerprint density at radius 3 is 2.40 bits per heavy atom. The Hall–Kier alpha value is -2.05. The molecule has 0 aliphatic rings. The third-order valence-electron chi connectivity index (χ3n) is 3.28. The fourth-order valence-corrected chi connectivity index (χ4v) is 2.51. The van der Waals surface area contributed by atoms with Crippen LogP contribution in [0.3, 0.4) is 0 Å². The molecule has 0 N–H and O–H groups in total. The number of unbranched alkanes of at least 4 members (excludes halogenated alkanes) is 5. The first kappa shape index (κ1) is 21.0. The Morgan fingerprint density at radius 2 is 1.76 bits per heavy atom. The van der Waals surface area contributed by atoms with Gasteiger partial charge in [0.25, 0.3) is 5.69 Å². The first-order chi connectivity index (χ1) is 12.0. The minimum absolute atomic E-state index is 0.109. The van der Waals surface area contributed by atoms with Crippen LogP contribution in [0, 0.1) is 10.1 Å². The van der Waals surface area contributed by atoms with Gasteiger partial charge in [-0.2, -0.15) is 0 Å². The summed E-state index contributed by atoms with van der Waals surface area (Å²) in [6.07, 6.45) is 6.51. The lowest BCUT2D eigenvalue weighted by atomic mass is 10.1. The van der Waals surface area contributed by atoms with E-state index in [9.17, 15) is 19.5 Å². The summed E-state index contributed by atoms with van der Waals surface area (Å²) in [4.78, 5) is 21.4. The molecule has 1 radical (unpaired) electrons. The second-order valence-electron chi connectivity index (χ2n) is 5.33. The van der Waals surface area contributed by atoms with Gasteiger partial charge < -0.3 is 9.26 Å². The van der Waals surface area contributed by atoms with Gasteiger partial charge in [0.1, 0.15) is 5.75 Å². The molecule has 0 aromatic heterocycles. The highest BCUT2D eigenvalue weighted by Crippen LogP contribution is 2.29. The van der Waals surface area contributed by atoms with Crippen LogP contribution in [0.4, 0.5) is 5.69 Å². The van der Waals surface area contributed by atoms with E-state index in [0.717, 1.165) is 19.3 Å². The number of benzene rings is 1. The molecule has 0 amide bonds. The van der Waals surface area contributed by atoms with Crippen molar-refractivity contribution in [3.05, 3.63) is 34.4 Å². The fraction of sp³-hybridized carbons (Fsp3) is 0.562. The summed E-state index contributed by atoms with van der Waals surface area (Å²) in [6.45, 7) is 1.99. The zero-order chi connectivity index (χ0) is 18.5. The van der Waals surface area contributed by atoms with E-state index in [0.29, 0.717) is 6.61 Å². The van der Waals surface area contributed by atoms with Crippen LogP contribution in [0.1, 0.15) is 45.4 Å². The second-order valence-corrected chi connectivity index (χ2v) is 6.22. The van der Waals surface area contributed by atoms with Crippen LogP contribution in [0.2, 0.25) is 0 Å². The number of nitro benzene ring substituents is 1. The Kier molecular flexibility index (Phi) is 10.4. The Morgan fingerprint density at radius 1 is 1.12 bits per heavy atom. The molecule has 0 bridgehead atoms. The van der Waals surface area contributed by atoms with Crippen LogP contribution < -0.4 is 4.52 Å². The number of ether oxygens (including phenoxy) is 1. The highest BCUT2D eigenvalue weighted by Gasteiger charge is 2.11. The molecule has 1 atom stereocenters. The number of non-ortho nitro benzene ring substituents is 1. The first-order valence-corrected chi connectivity index (χ1v) is 9.30. The number of esters is 1. The standard InChI is InChI=1S/C16H23NO7P/c1-2-3-4-5-6-7-12-22-16(18)13-23-25(21)24-15-10-8-14(9-11-15)17(19)20/h8-11H,2-7,12-13H2,1H3. The number of hydrogen-bond acceptors (Lipinski definition) is 7. The minimum atomic E-state index is -2.56. The molecule has 0 saturated carbocycles. The summed E-state index contributed by atoms with van der Waals surface area (Å²) in [5, 5.41) is 10.5. The van der Waals surface area contributed by atoms with E-state index in [-0.39, 0.29) is 11.4 Å². The monoisotopic (exact) mass is 372 g/mol. The summed E-state index contributed by atoms with van der Waals surface area (Å²) < 4.78 is 26.3. The zero-order valence-electron chi connectivity index (χ0n) is 14.2. The van der Waals surface area contributed by atoms with Crippen molar-refractivity contribution in [1.29, 1.82) is 0 Å². The Balaban J connectivity index is 2.14. The zero-order valence-corrected chi connectivity index (χ0v) is 15.1. The van der Waals surface area contributed by atoms with E-state index in [2.05, 4.69) is 6.92 Å².